The maximum absolute atomic E-state index is 12.9. The fraction of sp³-hybridized carbons (Fsp3) is 0.364. The van der Waals surface area contributed by atoms with Crippen molar-refractivity contribution < 1.29 is 18.0 Å². The Labute approximate surface area is 176 Å². The molecular weight excluding hydrogens is 402 g/mol. The van der Waals surface area contributed by atoms with E-state index in [1.54, 1.807) is 24.3 Å². The summed E-state index contributed by atoms with van der Waals surface area (Å²) in [4.78, 5) is 25.9. The van der Waals surface area contributed by atoms with Gasteiger partial charge in [0, 0.05) is 30.8 Å². The molecule has 1 aliphatic heterocycles. The number of nitrogens with one attached hydrogen (secondary N) is 2. The number of benzene rings is 2. The fourth-order valence-corrected chi connectivity index (χ4v) is 5.25. The first-order valence-electron chi connectivity index (χ1n) is 10.2. The van der Waals surface area contributed by atoms with Gasteiger partial charge in [0.25, 0.3) is 10.0 Å². The Morgan fingerprint density at radius 2 is 1.67 bits per heavy atom. The van der Waals surface area contributed by atoms with Crippen molar-refractivity contribution in [2.24, 2.45) is 5.92 Å². The van der Waals surface area contributed by atoms with Crippen LogP contribution in [0.15, 0.2) is 47.4 Å². The summed E-state index contributed by atoms with van der Waals surface area (Å²) in [5.74, 6) is 0.0109. The van der Waals surface area contributed by atoms with Crippen LogP contribution in [-0.4, -0.2) is 26.8 Å². The number of sulfonamides is 1. The van der Waals surface area contributed by atoms with Crippen molar-refractivity contribution in [3.63, 3.8) is 0 Å². The van der Waals surface area contributed by atoms with Crippen LogP contribution in [0.25, 0.3) is 0 Å². The number of hydrogen-bond donors (Lipinski definition) is 2. The number of fused-ring (bicyclic) bond motifs is 1. The number of carbonyl (C=O) groups is 2. The monoisotopic (exact) mass is 427 g/mol. The van der Waals surface area contributed by atoms with Gasteiger partial charge in [0.1, 0.15) is 0 Å². The minimum Gasteiger partial charge on any atom is -0.326 e. The molecule has 1 aliphatic carbocycles. The maximum Gasteiger partial charge on any atom is 0.261 e. The summed E-state index contributed by atoms with van der Waals surface area (Å²) >= 11 is 0. The van der Waals surface area contributed by atoms with Crippen LogP contribution in [0.3, 0.4) is 0 Å². The summed E-state index contributed by atoms with van der Waals surface area (Å²) in [5.41, 5.74) is 2.81. The van der Waals surface area contributed by atoms with E-state index in [1.165, 1.54) is 19.1 Å². The smallest absolute Gasteiger partial charge is 0.261 e. The Morgan fingerprint density at radius 1 is 1.00 bits per heavy atom. The van der Waals surface area contributed by atoms with Gasteiger partial charge in [-0.2, -0.15) is 0 Å². The molecule has 4 rings (SSSR count). The van der Waals surface area contributed by atoms with Crippen LogP contribution in [0, 0.1) is 5.92 Å². The summed E-state index contributed by atoms with van der Waals surface area (Å²) in [6.45, 7) is 2.03. The van der Waals surface area contributed by atoms with Crippen LogP contribution in [0.2, 0.25) is 0 Å². The highest BCUT2D eigenvalue weighted by Gasteiger charge is 2.32. The van der Waals surface area contributed by atoms with Crippen molar-refractivity contribution in [3.8, 4) is 0 Å². The SMILES string of the molecule is CC(=O)Nc1ccc(S(=O)(=O)Nc2ccc3c(c2)N(C(=O)C2CCCC2)CC3)cc1. The van der Waals surface area contributed by atoms with Gasteiger partial charge < -0.3 is 10.2 Å². The Bertz CT molecular complexity index is 1070. The van der Waals surface area contributed by atoms with E-state index in [1.807, 2.05) is 11.0 Å². The number of carbonyl (C=O) groups excluding carboxylic acids is 2. The molecule has 2 aromatic carbocycles. The molecular formula is C22H25N3O4S. The molecule has 0 radical (unpaired) electrons. The number of hydrogen-bond acceptors (Lipinski definition) is 4. The molecule has 158 valence electrons. The number of rotatable bonds is 5. The molecule has 2 aliphatic rings. The van der Waals surface area contributed by atoms with Gasteiger partial charge in [-0.3, -0.25) is 14.3 Å². The van der Waals surface area contributed by atoms with E-state index in [0.29, 0.717) is 17.9 Å². The molecule has 0 aromatic heterocycles. The Hall–Kier alpha value is -2.87. The molecule has 2 N–H and O–H groups in total. The van der Waals surface area contributed by atoms with Crippen molar-refractivity contribution in [1.82, 2.24) is 0 Å². The van der Waals surface area contributed by atoms with E-state index in [0.717, 1.165) is 43.4 Å². The third kappa shape index (κ3) is 4.18. The molecule has 30 heavy (non-hydrogen) atoms. The van der Waals surface area contributed by atoms with E-state index in [2.05, 4.69) is 10.0 Å². The molecule has 0 bridgehead atoms. The number of anilines is 3. The van der Waals surface area contributed by atoms with Gasteiger partial charge in [-0.15, -0.1) is 0 Å². The Balaban J connectivity index is 1.53. The molecule has 1 fully saturated rings. The lowest BCUT2D eigenvalue weighted by atomic mass is 10.1. The quantitative estimate of drug-likeness (QED) is 0.763. The summed E-state index contributed by atoms with van der Waals surface area (Å²) in [7, 11) is -3.80. The first-order valence-corrected chi connectivity index (χ1v) is 11.7. The van der Waals surface area contributed by atoms with Crippen LogP contribution >= 0.6 is 0 Å². The normalized spacial score (nSPS) is 16.4. The van der Waals surface area contributed by atoms with E-state index in [9.17, 15) is 18.0 Å². The van der Waals surface area contributed by atoms with E-state index in [-0.39, 0.29) is 22.6 Å². The van der Waals surface area contributed by atoms with E-state index < -0.39 is 10.0 Å². The number of nitrogens with zero attached hydrogens (tertiary/aromatic N) is 1. The second kappa shape index (κ2) is 8.10. The zero-order valence-electron chi connectivity index (χ0n) is 16.8. The zero-order chi connectivity index (χ0) is 21.3. The molecule has 0 atom stereocenters. The van der Waals surface area contributed by atoms with Crippen LogP contribution in [0.4, 0.5) is 17.1 Å². The highest BCUT2D eigenvalue weighted by molar-refractivity contribution is 7.92. The van der Waals surface area contributed by atoms with Crippen molar-refractivity contribution in [1.29, 1.82) is 0 Å². The highest BCUT2D eigenvalue weighted by atomic mass is 32.2. The molecule has 7 nitrogen and oxygen atoms in total. The highest BCUT2D eigenvalue weighted by Crippen LogP contribution is 2.35. The van der Waals surface area contributed by atoms with Gasteiger partial charge in [-0.25, -0.2) is 8.42 Å². The van der Waals surface area contributed by atoms with Crippen LogP contribution in [0.5, 0.6) is 0 Å². The van der Waals surface area contributed by atoms with Crippen molar-refractivity contribution in [2.45, 2.75) is 43.9 Å². The summed E-state index contributed by atoms with van der Waals surface area (Å²) in [6, 6.07) is 11.3. The molecule has 1 saturated carbocycles. The predicted octanol–water partition coefficient (Wildman–Crippen LogP) is 3.53. The summed E-state index contributed by atoms with van der Waals surface area (Å²) in [5, 5.41) is 2.61. The third-order valence-electron chi connectivity index (χ3n) is 5.69. The van der Waals surface area contributed by atoms with Gasteiger partial charge in [-0.1, -0.05) is 18.9 Å². The molecule has 0 saturated heterocycles. The minimum atomic E-state index is -3.80. The maximum atomic E-state index is 12.9. The largest absolute Gasteiger partial charge is 0.326 e. The van der Waals surface area contributed by atoms with Gasteiger partial charge in [0.15, 0.2) is 0 Å². The standard InChI is InChI=1S/C22H25N3O4S/c1-15(26)23-18-8-10-20(11-9-18)30(28,29)24-19-7-6-16-12-13-25(21(16)14-19)22(27)17-4-2-3-5-17/h6-11,14,17,24H,2-5,12-13H2,1H3,(H,23,26). The Kier molecular flexibility index (Phi) is 5.51. The molecule has 2 aromatic rings. The van der Waals surface area contributed by atoms with Gasteiger partial charge in [0.2, 0.25) is 11.8 Å². The fourth-order valence-electron chi connectivity index (χ4n) is 4.20. The molecule has 0 spiro atoms. The average molecular weight is 428 g/mol. The second-order valence-electron chi connectivity index (χ2n) is 7.88. The zero-order valence-corrected chi connectivity index (χ0v) is 17.7. The first kappa shape index (κ1) is 20.4. The molecule has 1 heterocycles. The van der Waals surface area contributed by atoms with E-state index >= 15 is 0 Å². The molecule has 0 unspecified atom stereocenters. The van der Waals surface area contributed by atoms with Gasteiger partial charge in [0.05, 0.1) is 10.6 Å². The van der Waals surface area contributed by atoms with E-state index in [4.69, 9.17) is 0 Å². The molecule has 2 amide bonds. The number of amides is 2. The average Bonchev–Trinajstić information content (AvgIpc) is 3.37. The predicted molar refractivity (Wildman–Crippen MR) is 116 cm³/mol. The van der Waals surface area contributed by atoms with Crippen LogP contribution < -0.4 is 14.9 Å². The Morgan fingerprint density at radius 3 is 2.33 bits per heavy atom. The second-order valence-corrected chi connectivity index (χ2v) is 9.56. The van der Waals surface area contributed by atoms with Crippen molar-refractivity contribution in [3.05, 3.63) is 48.0 Å². The first-order chi connectivity index (χ1) is 14.3. The van der Waals surface area contributed by atoms with Crippen molar-refractivity contribution in [2.75, 3.05) is 21.5 Å². The van der Waals surface area contributed by atoms with Crippen LogP contribution in [-0.2, 0) is 26.0 Å². The lowest BCUT2D eigenvalue weighted by molar-refractivity contribution is -0.122. The van der Waals surface area contributed by atoms with Crippen LogP contribution in [0.1, 0.15) is 38.2 Å². The summed E-state index contributed by atoms with van der Waals surface area (Å²) in [6.07, 6.45) is 4.84. The topological polar surface area (TPSA) is 95.6 Å². The van der Waals surface area contributed by atoms with Gasteiger partial charge in [-0.05, 0) is 61.2 Å². The van der Waals surface area contributed by atoms with Crippen molar-refractivity contribution >= 4 is 38.9 Å². The summed E-state index contributed by atoms with van der Waals surface area (Å²) < 4.78 is 28.2. The van der Waals surface area contributed by atoms with Gasteiger partial charge >= 0.3 is 0 Å². The molecule has 8 heteroatoms. The lowest BCUT2D eigenvalue weighted by Gasteiger charge is -2.22. The minimum absolute atomic E-state index is 0.0819. The lowest BCUT2D eigenvalue weighted by Crippen LogP contribution is -2.33. The third-order valence-corrected chi connectivity index (χ3v) is 7.09.